The summed E-state index contributed by atoms with van der Waals surface area (Å²) >= 11 is 0. The Labute approximate surface area is 139 Å². The van der Waals surface area contributed by atoms with Gasteiger partial charge in [-0.2, -0.15) is 0 Å². The van der Waals surface area contributed by atoms with Gasteiger partial charge in [-0.15, -0.1) is 0 Å². The van der Waals surface area contributed by atoms with Crippen molar-refractivity contribution in [1.82, 2.24) is 4.57 Å². The van der Waals surface area contributed by atoms with E-state index in [-0.39, 0.29) is 5.56 Å². The molecule has 2 heterocycles. The first-order valence-corrected chi connectivity index (χ1v) is 7.82. The second-order valence-corrected chi connectivity index (χ2v) is 6.04. The van der Waals surface area contributed by atoms with Gasteiger partial charge in [0.05, 0.1) is 23.6 Å². The van der Waals surface area contributed by atoms with Crippen molar-refractivity contribution >= 4 is 6.21 Å². The molecule has 0 saturated carbocycles. The van der Waals surface area contributed by atoms with Crippen LogP contribution in [0.1, 0.15) is 23.7 Å². The zero-order valence-electron chi connectivity index (χ0n) is 13.2. The van der Waals surface area contributed by atoms with Gasteiger partial charge in [-0.05, 0) is 29.3 Å². The predicted molar refractivity (Wildman–Crippen MR) is 92.1 cm³/mol. The molecule has 0 amide bonds. The van der Waals surface area contributed by atoms with Gasteiger partial charge < -0.3 is 4.57 Å². The summed E-state index contributed by atoms with van der Waals surface area (Å²) in [7, 11) is 0. The first kappa shape index (κ1) is 14.8. The van der Waals surface area contributed by atoms with Crippen LogP contribution in [-0.4, -0.2) is 10.8 Å². The summed E-state index contributed by atoms with van der Waals surface area (Å²) in [4.78, 5) is 4.46. The van der Waals surface area contributed by atoms with E-state index in [1.165, 1.54) is 12.1 Å². The van der Waals surface area contributed by atoms with Crippen LogP contribution in [0.4, 0.5) is 8.78 Å². The van der Waals surface area contributed by atoms with Crippen molar-refractivity contribution in [2.24, 2.45) is 4.99 Å². The van der Waals surface area contributed by atoms with Crippen LogP contribution in [0.5, 0.6) is 0 Å². The van der Waals surface area contributed by atoms with Gasteiger partial charge in [0.1, 0.15) is 0 Å². The molecule has 0 fully saturated rings. The number of aliphatic imine (C=N–C) groups is 1. The van der Waals surface area contributed by atoms with Crippen LogP contribution in [0.2, 0.25) is 0 Å². The number of hydrogen-bond acceptors (Lipinski definition) is 1. The lowest BCUT2D eigenvalue weighted by Crippen LogP contribution is -2.06. The molecule has 0 N–H and O–H groups in total. The molecule has 0 bridgehead atoms. The molecule has 0 radical (unpaired) electrons. The third kappa shape index (κ3) is 2.44. The highest BCUT2D eigenvalue weighted by molar-refractivity contribution is 5.83. The van der Waals surface area contributed by atoms with Crippen molar-refractivity contribution < 1.29 is 8.78 Å². The van der Waals surface area contributed by atoms with Gasteiger partial charge >= 0.3 is 0 Å². The zero-order chi connectivity index (χ0) is 16.7. The van der Waals surface area contributed by atoms with Crippen LogP contribution >= 0.6 is 0 Å². The fraction of sp³-hybridized carbons (Fsp3) is 0.150. The number of halogens is 2. The Morgan fingerprint density at radius 1 is 0.958 bits per heavy atom. The molecule has 0 spiro atoms. The van der Waals surface area contributed by atoms with Gasteiger partial charge in [0.15, 0.2) is 0 Å². The van der Waals surface area contributed by atoms with Crippen LogP contribution in [0.25, 0.3) is 16.9 Å². The van der Waals surface area contributed by atoms with Crippen LogP contribution in [0.3, 0.4) is 0 Å². The molecule has 2 nitrogen and oxygen atoms in total. The van der Waals surface area contributed by atoms with Crippen LogP contribution in [0.15, 0.2) is 65.7 Å². The van der Waals surface area contributed by atoms with E-state index in [1.807, 2.05) is 30.5 Å². The quantitative estimate of drug-likeness (QED) is 0.618. The maximum atomic E-state index is 13.4. The summed E-state index contributed by atoms with van der Waals surface area (Å²) in [6.45, 7) is 1.55. The summed E-state index contributed by atoms with van der Waals surface area (Å²) in [5.41, 5.74) is 5.10. The predicted octanol–water partition coefficient (Wildman–Crippen LogP) is 5.19. The molecule has 2 aromatic carbocycles. The van der Waals surface area contributed by atoms with E-state index in [4.69, 9.17) is 0 Å². The van der Waals surface area contributed by atoms with Crippen molar-refractivity contribution in [3.05, 3.63) is 77.5 Å². The molecule has 24 heavy (non-hydrogen) atoms. The first-order chi connectivity index (χ1) is 11.5. The van der Waals surface area contributed by atoms with Crippen molar-refractivity contribution in [3.63, 3.8) is 0 Å². The first-order valence-electron chi connectivity index (χ1n) is 7.82. The summed E-state index contributed by atoms with van der Waals surface area (Å²) in [6.07, 6.45) is 1.86. The standard InChI is InChI=1S/C20H16F2N2/c1-20(21,22)16-8-6-14(7-9-16)19-11-10-17-13-23-12-15-4-2-3-5-18(15)24(17)19/h2-11,13H,12H2,1H3. The fourth-order valence-corrected chi connectivity index (χ4v) is 3.08. The highest BCUT2D eigenvalue weighted by atomic mass is 19.3. The average molecular weight is 322 g/mol. The highest BCUT2D eigenvalue weighted by Crippen LogP contribution is 2.32. The third-order valence-electron chi connectivity index (χ3n) is 4.32. The largest absolute Gasteiger partial charge is 0.308 e. The number of benzene rings is 2. The second kappa shape index (κ2) is 5.41. The number of nitrogens with zero attached hydrogens (tertiary/aromatic N) is 2. The molecule has 120 valence electrons. The molecule has 0 aliphatic carbocycles. The number of rotatable bonds is 2. The van der Waals surface area contributed by atoms with Crippen molar-refractivity contribution in [2.75, 3.05) is 0 Å². The number of para-hydroxylation sites is 1. The number of aromatic nitrogens is 1. The number of alkyl halides is 2. The van der Waals surface area contributed by atoms with Crippen LogP contribution in [-0.2, 0) is 12.5 Å². The van der Waals surface area contributed by atoms with E-state index in [0.717, 1.165) is 35.1 Å². The minimum Gasteiger partial charge on any atom is -0.308 e. The van der Waals surface area contributed by atoms with E-state index in [1.54, 1.807) is 12.1 Å². The fourth-order valence-electron chi connectivity index (χ4n) is 3.08. The SMILES string of the molecule is CC(F)(F)c1ccc(-c2ccc3n2-c2ccccc2CN=C3)cc1. The van der Waals surface area contributed by atoms with Gasteiger partial charge in [0.2, 0.25) is 0 Å². The molecule has 4 rings (SSSR count). The molecule has 1 aliphatic rings. The molecule has 3 aromatic rings. The molecule has 0 saturated heterocycles. The van der Waals surface area contributed by atoms with Gasteiger partial charge in [-0.3, -0.25) is 4.99 Å². The topological polar surface area (TPSA) is 17.3 Å². The number of hydrogen-bond donors (Lipinski definition) is 0. The maximum Gasteiger partial charge on any atom is 0.270 e. The lowest BCUT2D eigenvalue weighted by molar-refractivity contribution is 0.0175. The Morgan fingerprint density at radius 2 is 1.71 bits per heavy atom. The second-order valence-electron chi connectivity index (χ2n) is 6.04. The monoisotopic (exact) mass is 322 g/mol. The minimum atomic E-state index is -2.83. The van der Waals surface area contributed by atoms with E-state index in [9.17, 15) is 8.78 Å². The molecule has 0 atom stereocenters. The van der Waals surface area contributed by atoms with Gasteiger partial charge in [-0.25, -0.2) is 8.78 Å². The third-order valence-corrected chi connectivity index (χ3v) is 4.32. The number of fused-ring (bicyclic) bond motifs is 3. The summed E-state index contributed by atoms with van der Waals surface area (Å²) in [5, 5.41) is 0. The van der Waals surface area contributed by atoms with Gasteiger partial charge in [0, 0.05) is 18.7 Å². The van der Waals surface area contributed by atoms with Crippen molar-refractivity contribution in [1.29, 1.82) is 0 Å². The summed E-state index contributed by atoms with van der Waals surface area (Å²) < 4.78 is 29.0. The smallest absolute Gasteiger partial charge is 0.270 e. The molecular formula is C20H16F2N2. The molecule has 1 aromatic heterocycles. The lowest BCUT2D eigenvalue weighted by Gasteiger charge is -2.15. The molecular weight excluding hydrogens is 306 g/mol. The summed E-state index contributed by atoms with van der Waals surface area (Å²) in [5.74, 6) is -2.83. The van der Waals surface area contributed by atoms with Crippen LogP contribution in [0, 0.1) is 0 Å². The van der Waals surface area contributed by atoms with E-state index in [0.29, 0.717) is 6.54 Å². The van der Waals surface area contributed by atoms with E-state index >= 15 is 0 Å². The van der Waals surface area contributed by atoms with Crippen molar-refractivity contribution in [3.8, 4) is 16.9 Å². The Hall–Kier alpha value is -2.75. The van der Waals surface area contributed by atoms with Gasteiger partial charge in [-0.1, -0.05) is 42.5 Å². The normalized spacial score (nSPS) is 13.3. The highest BCUT2D eigenvalue weighted by Gasteiger charge is 2.24. The van der Waals surface area contributed by atoms with Crippen LogP contribution < -0.4 is 0 Å². The minimum absolute atomic E-state index is 0.0239. The Morgan fingerprint density at radius 3 is 2.46 bits per heavy atom. The molecule has 1 aliphatic heterocycles. The average Bonchev–Trinajstić information content (AvgIpc) is 2.90. The Kier molecular flexibility index (Phi) is 3.34. The van der Waals surface area contributed by atoms with E-state index in [2.05, 4.69) is 21.7 Å². The summed E-state index contributed by atoms with van der Waals surface area (Å²) in [6, 6.07) is 18.6. The zero-order valence-corrected chi connectivity index (χ0v) is 13.2. The molecule has 4 heteroatoms. The van der Waals surface area contributed by atoms with Crippen molar-refractivity contribution in [2.45, 2.75) is 19.4 Å². The Bertz CT molecular complexity index is 916. The van der Waals surface area contributed by atoms with E-state index < -0.39 is 5.92 Å². The van der Waals surface area contributed by atoms with Gasteiger partial charge in [0.25, 0.3) is 5.92 Å². The maximum absolute atomic E-state index is 13.4. The molecule has 0 unspecified atom stereocenters. The lowest BCUT2D eigenvalue weighted by atomic mass is 10.1. The Balaban J connectivity index is 1.86.